The molecule has 0 amide bonds. The van der Waals surface area contributed by atoms with Crippen LogP contribution in [0.2, 0.25) is 0 Å². The van der Waals surface area contributed by atoms with Crippen LogP contribution in [0.1, 0.15) is 26.5 Å². The third-order valence-electron chi connectivity index (χ3n) is 4.55. The number of hydrogen-bond donors (Lipinski definition) is 1. The maximum atomic E-state index is 14.4. The first-order valence-electron chi connectivity index (χ1n) is 14.0. The molecule has 1 N–H and O–H groups in total. The van der Waals surface area contributed by atoms with E-state index < -0.39 is 38.7 Å². The summed E-state index contributed by atoms with van der Waals surface area (Å²) in [5, 5.41) is 3.14. The van der Waals surface area contributed by atoms with E-state index in [4.69, 9.17) is 23.2 Å². The van der Waals surface area contributed by atoms with Crippen molar-refractivity contribution in [3.63, 3.8) is 0 Å². The van der Waals surface area contributed by atoms with Gasteiger partial charge >= 0.3 is 0 Å². The summed E-state index contributed by atoms with van der Waals surface area (Å²) >= 11 is 3.19. The Hall–Kier alpha value is -2.45. The number of nitrogens with one attached hydrogen (secondary N) is 1. The van der Waals surface area contributed by atoms with Crippen LogP contribution in [0.25, 0.3) is 10.9 Å². The van der Waals surface area contributed by atoms with E-state index in [9.17, 15) is 4.39 Å². The van der Waals surface area contributed by atoms with Crippen molar-refractivity contribution in [2.75, 3.05) is 38.9 Å². The number of halogens is 2. The quantitative estimate of drug-likeness (QED) is 0.530. The number of rotatable bonds is 6. The van der Waals surface area contributed by atoms with Gasteiger partial charge in [0.15, 0.2) is 11.5 Å². The highest BCUT2D eigenvalue weighted by Crippen LogP contribution is 2.35. The molecule has 0 aliphatic carbocycles. The molecule has 0 bridgehead atoms. The zero-order valence-electron chi connectivity index (χ0n) is 25.6. The fourth-order valence-corrected chi connectivity index (χ4v) is 3.30. The highest BCUT2D eigenvalue weighted by Gasteiger charge is 2.19. The van der Waals surface area contributed by atoms with Gasteiger partial charge in [0.25, 0.3) is 0 Å². The first-order valence-corrected chi connectivity index (χ1v) is 9.78. The van der Waals surface area contributed by atoms with Crippen molar-refractivity contribution in [3.05, 3.63) is 46.9 Å². The number of piperidine rings is 1. The van der Waals surface area contributed by atoms with Gasteiger partial charge in [-0.05, 0) is 63.0 Å². The van der Waals surface area contributed by atoms with Crippen LogP contribution in [0.3, 0.4) is 0 Å². The first-order chi connectivity index (χ1) is 18.4. The molecule has 2 heterocycles. The molecule has 1 saturated heterocycles. The Morgan fingerprint density at radius 3 is 2.90 bits per heavy atom. The predicted octanol–water partition coefficient (Wildman–Crippen LogP) is 5.00. The molecule has 0 saturated carbocycles. The third-order valence-corrected chi connectivity index (χ3v) is 5.04. The molecule has 1 aliphatic heterocycles. The van der Waals surface area contributed by atoms with Gasteiger partial charge in [-0.1, -0.05) is 15.9 Å². The highest BCUT2D eigenvalue weighted by molar-refractivity contribution is 9.10. The van der Waals surface area contributed by atoms with Crippen molar-refractivity contribution in [2.24, 2.45) is 5.92 Å². The highest BCUT2D eigenvalue weighted by atomic mass is 79.9. The Kier molecular flexibility index (Phi) is 3.60. The number of benzene rings is 2. The van der Waals surface area contributed by atoms with Gasteiger partial charge < -0.3 is 19.7 Å². The maximum Gasteiger partial charge on any atom is 0.163 e. The lowest BCUT2D eigenvalue weighted by molar-refractivity contribution is 0.157. The summed E-state index contributed by atoms with van der Waals surface area (Å²) in [4.78, 5) is 8.57. The molecule has 3 aromatic rings. The van der Waals surface area contributed by atoms with E-state index in [2.05, 4.69) is 31.2 Å². The predicted molar refractivity (Wildman–Crippen MR) is 119 cm³/mol. The van der Waals surface area contributed by atoms with Crippen molar-refractivity contribution in [1.29, 1.82) is 0 Å². The lowest BCUT2D eigenvalue weighted by Crippen LogP contribution is -2.32. The molecule has 0 radical (unpaired) electrons. The van der Waals surface area contributed by atoms with Gasteiger partial charge in [0, 0.05) is 25.5 Å². The Bertz CT molecular complexity index is 1390. The molecule has 8 heteroatoms. The molecule has 2 aromatic carbocycles. The molecular formula is C22H24BrFN4O2. The van der Waals surface area contributed by atoms with Crippen molar-refractivity contribution in [3.8, 4) is 11.5 Å². The number of ether oxygens (including phenoxy) is 2. The summed E-state index contributed by atoms with van der Waals surface area (Å²) in [5.41, 5.74) is 0.388. The molecule has 158 valence electrons. The van der Waals surface area contributed by atoms with Crippen LogP contribution >= 0.6 is 15.9 Å². The van der Waals surface area contributed by atoms with Crippen molar-refractivity contribution < 1.29 is 27.6 Å². The van der Waals surface area contributed by atoms with Crippen LogP contribution in [-0.4, -0.2) is 48.5 Å². The van der Waals surface area contributed by atoms with Gasteiger partial charge in [0.05, 0.1) is 29.0 Å². The van der Waals surface area contributed by atoms with Crippen LogP contribution in [-0.2, 0) is 0 Å². The summed E-state index contributed by atoms with van der Waals surface area (Å²) in [6.45, 7) is -8.27. The summed E-state index contributed by atoms with van der Waals surface area (Å²) in [5.74, 6) is -1.46. The Morgan fingerprint density at radius 2 is 2.13 bits per heavy atom. The number of nitrogens with zero attached hydrogens (tertiary/aromatic N) is 3. The van der Waals surface area contributed by atoms with Gasteiger partial charge in [-0.15, -0.1) is 0 Å². The average molecular weight is 485 g/mol. The van der Waals surface area contributed by atoms with Crippen molar-refractivity contribution in [1.82, 2.24) is 14.9 Å². The van der Waals surface area contributed by atoms with Crippen molar-refractivity contribution >= 4 is 38.3 Å². The summed E-state index contributed by atoms with van der Waals surface area (Å²) in [6, 6.07) is 7.05. The number of hydrogen-bond acceptors (Lipinski definition) is 6. The summed E-state index contributed by atoms with van der Waals surface area (Å²) < 4.78 is 104. The van der Waals surface area contributed by atoms with Crippen LogP contribution in [0.5, 0.6) is 11.5 Å². The molecule has 1 aliphatic rings. The van der Waals surface area contributed by atoms with E-state index in [1.54, 1.807) is 6.07 Å². The molecule has 0 unspecified atom stereocenters. The van der Waals surface area contributed by atoms with Gasteiger partial charge in [0.1, 0.15) is 18.0 Å². The smallest absolute Gasteiger partial charge is 0.163 e. The topological polar surface area (TPSA) is 59.5 Å². The minimum atomic E-state index is -3.00. The van der Waals surface area contributed by atoms with E-state index in [-0.39, 0.29) is 58.3 Å². The van der Waals surface area contributed by atoms with Crippen LogP contribution in [0, 0.1) is 11.7 Å². The third kappa shape index (κ3) is 4.65. The standard InChI is InChI=1S/C22H24BrFN4O2/c1-28-7-5-14(6-8-28)12-30-21-11-19-16(10-20(21)29-2)22(26-13-25-19)27-18-4-3-15(23)9-17(18)24/h3-4,9-11,13-14H,5-8,12H2,1-2H3,(H,25,26,27)/i1D3,2D3,7D2,8D2. The fourth-order valence-electron chi connectivity index (χ4n) is 2.97. The minimum Gasteiger partial charge on any atom is -0.493 e. The van der Waals surface area contributed by atoms with Crippen LogP contribution in [0.4, 0.5) is 15.9 Å². The van der Waals surface area contributed by atoms with E-state index in [1.807, 2.05) is 0 Å². The molecule has 1 fully saturated rings. The lowest BCUT2D eigenvalue weighted by Gasteiger charge is -2.28. The number of anilines is 2. The number of methoxy groups -OCH3 is 1. The minimum absolute atomic E-state index is 0.0672. The van der Waals surface area contributed by atoms with E-state index in [1.165, 1.54) is 30.6 Å². The van der Waals surface area contributed by atoms with E-state index in [0.717, 1.165) is 0 Å². The zero-order valence-corrected chi connectivity index (χ0v) is 17.2. The van der Waals surface area contributed by atoms with Gasteiger partial charge in [-0.3, -0.25) is 0 Å². The Balaban J connectivity index is 1.65. The van der Waals surface area contributed by atoms with E-state index in [0.29, 0.717) is 4.47 Å². The van der Waals surface area contributed by atoms with Crippen LogP contribution < -0.4 is 14.8 Å². The SMILES string of the molecule is [2H]C([2H])([2H])Oc1cc2c(Nc3ccc(Br)cc3F)ncnc2cc1OCC1CC([2H])([2H])N(C([2H])([2H])[2H])C([2H])([2H])C1. The molecule has 0 spiro atoms. The number of aromatic nitrogens is 2. The normalized spacial score (nSPS) is 24.5. The van der Waals surface area contributed by atoms with Gasteiger partial charge in [-0.25, -0.2) is 14.4 Å². The fraction of sp³-hybridized carbons (Fsp3) is 0.364. The average Bonchev–Trinajstić information content (AvgIpc) is 2.76. The molecule has 4 rings (SSSR count). The second kappa shape index (κ2) is 9.14. The molecular weight excluding hydrogens is 451 g/mol. The van der Waals surface area contributed by atoms with Crippen molar-refractivity contribution in [2.45, 2.75) is 12.8 Å². The number of likely N-dealkylation sites (tertiary alicyclic amines) is 1. The summed E-state index contributed by atoms with van der Waals surface area (Å²) in [7, 11) is -2.88. The second-order valence-electron chi connectivity index (χ2n) is 6.63. The number of fused-ring (bicyclic) bond motifs is 1. The Labute approximate surface area is 197 Å². The van der Waals surface area contributed by atoms with Crippen LogP contribution in [0.15, 0.2) is 41.1 Å². The zero-order chi connectivity index (χ0) is 29.7. The van der Waals surface area contributed by atoms with Gasteiger partial charge in [-0.2, -0.15) is 0 Å². The second-order valence-corrected chi connectivity index (χ2v) is 7.54. The maximum absolute atomic E-state index is 14.4. The summed E-state index contributed by atoms with van der Waals surface area (Å²) in [6.07, 6.45) is 0.523. The van der Waals surface area contributed by atoms with Gasteiger partial charge in [0.2, 0.25) is 0 Å². The monoisotopic (exact) mass is 484 g/mol. The molecule has 30 heavy (non-hydrogen) atoms. The molecule has 6 nitrogen and oxygen atoms in total. The largest absolute Gasteiger partial charge is 0.493 e. The lowest BCUT2D eigenvalue weighted by atomic mass is 9.98. The molecule has 0 atom stereocenters. The Morgan fingerprint density at radius 1 is 1.27 bits per heavy atom. The molecule has 1 aromatic heterocycles. The van der Waals surface area contributed by atoms with E-state index >= 15 is 0 Å². The first kappa shape index (κ1) is 11.8.